The number of ether oxygens (including phenoxy) is 1. The second kappa shape index (κ2) is 6.83. The molecule has 0 aromatic rings. The molecule has 0 aromatic heterocycles. The molecule has 0 saturated heterocycles. The van der Waals surface area contributed by atoms with Crippen LogP contribution in [0.5, 0.6) is 0 Å². The minimum Gasteiger partial charge on any atom is -0.389 e. The van der Waals surface area contributed by atoms with E-state index in [0.717, 1.165) is 12.8 Å². The Morgan fingerprint density at radius 3 is 2.86 bits per heavy atom. The van der Waals surface area contributed by atoms with Gasteiger partial charge in [-0.05, 0) is 12.8 Å². The molecule has 14 heavy (non-hydrogen) atoms. The first-order valence-corrected chi connectivity index (χ1v) is 5.26. The second-order valence-corrected chi connectivity index (χ2v) is 3.73. The molecule has 0 aromatic carbocycles. The summed E-state index contributed by atoms with van der Waals surface area (Å²) in [6, 6.07) is 0. The van der Waals surface area contributed by atoms with Crippen molar-refractivity contribution in [2.45, 2.75) is 37.9 Å². The Labute approximate surface area is 85.8 Å². The molecule has 0 bridgehead atoms. The highest BCUT2D eigenvalue weighted by molar-refractivity contribution is 4.86. The third-order valence-electron chi connectivity index (χ3n) is 2.43. The van der Waals surface area contributed by atoms with E-state index in [9.17, 15) is 5.11 Å². The van der Waals surface area contributed by atoms with Crippen molar-refractivity contribution in [1.29, 1.82) is 0 Å². The van der Waals surface area contributed by atoms with Crippen LogP contribution in [0, 0.1) is 12.3 Å². The quantitative estimate of drug-likeness (QED) is 0.482. The number of hydrogen-bond donors (Lipinski definition) is 2. The molecule has 0 radical (unpaired) electrons. The highest BCUT2D eigenvalue weighted by Crippen LogP contribution is 2.20. The van der Waals surface area contributed by atoms with Gasteiger partial charge in [0.15, 0.2) is 0 Å². The fourth-order valence-corrected chi connectivity index (χ4v) is 1.67. The van der Waals surface area contributed by atoms with Gasteiger partial charge < -0.3 is 15.2 Å². The first-order valence-electron chi connectivity index (χ1n) is 5.26. The molecule has 0 amide bonds. The largest absolute Gasteiger partial charge is 0.389 e. The molecule has 0 aliphatic heterocycles. The predicted octanol–water partition coefficient (Wildman–Crippen LogP) is 0.529. The molecule has 1 fully saturated rings. The molecule has 1 aliphatic rings. The van der Waals surface area contributed by atoms with E-state index in [-0.39, 0.29) is 0 Å². The van der Waals surface area contributed by atoms with Gasteiger partial charge in [-0.25, -0.2) is 0 Å². The predicted molar refractivity (Wildman–Crippen MR) is 55.9 cm³/mol. The Balaban J connectivity index is 1.97. The number of aliphatic hydroxyl groups is 1. The van der Waals surface area contributed by atoms with Crippen molar-refractivity contribution in [2.75, 3.05) is 19.7 Å². The van der Waals surface area contributed by atoms with E-state index >= 15 is 0 Å². The second-order valence-electron chi connectivity index (χ2n) is 3.73. The van der Waals surface area contributed by atoms with E-state index in [0.29, 0.717) is 25.8 Å². The standard InChI is InChI=1S/C11H19NO2/c1-2-7-12-8-10(13)9-14-11-5-3-4-6-11/h1,10-13H,3-9H2. The minimum atomic E-state index is -0.441. The zero-order chi connectivity index (χ0) is 10.2. The van der Waals surface area contributed by atoms with Gasteiger partial charge in [0.25, 0.3) is 0 Å². The maximum absolute atomic E-state index is 9.48. The monoisotopic (exact) mass is 197 g/mol. The van der Waals surface area contributed by atoms with Gasteiger partial charge in [-0.2, -0.15) is 0 Å². The molecule has 2 N–H and O–H groups in total. The van der Waals surface area contributed by atoms with Crippen LogP contribution in [0.2, 0.25) is 0 Å². The Morgan fingerprint density at radius 1 is 1.50 bits per heavy atom. The highest BCUT2D eigenvalue weighted by atomic mass is 16.5. The van der Waals surface area contributed by atoms with Crippen molar-refractivity contribution >= 4 is 0 Å². The number of terminal acetylenes is 1. The van der Waals surface area contributed by atoms with Crippen LogP contribution >= 0.6 is 0 Å². The van der Waals surface area contributed by atoms with Crippen molar-refractivity contribution in [1.82, 2.24) is 5.32 Å². The van der Waals surface area contributed by atoms with Gasteiger partial charge in [0.2, 0.25) is 0 Å². The number of aliphatic hydroxyl groups excluding tert-OH is 1. The van der Waals surface area contributed by atoms with Gasteiger partial charge in [-0.1, -0.05) is 18.8 Å². The molecular formula is C11H19NO2. The number of hydrogen-bond acceptors (Lipinski definition) is 3. The van der Waals surface area contributed by atoms with Gasteiger partial charge >= 0.3 is 0 Å². The third kappa shape index (κ3) is 4.61. The van der Waals surface area contributed by atoms with Crippen LogP contribution in [-0.4, -0.2) is 37.0 Å². The molecule has 1 saturated carbocycles. The van der Waals surface area contributed by atoms with Crippen LogP contribution in [0.1, 0.15) is 25.7 Å². The van der Waals surface area contributed by atoms with Gasteiger partial charge in [0.1, 0.15) is 0 Å². The summed E-state index contributed by atoms with van der Waals surface area (Å²) in [5.41, 5.74) is 0. The Morgan fingerprint density at radius 2 is 2.21 bits per heavy atom. The van der Waals surface area contributed by atoms with E-state index in [2.05, 4.69) is 11.2 Å². The summed E-state index contributed by atoms with van der Waals surface area (Å²) in [5.74, 6) is 2.46. The highest BCUT2D eigenvalue weighted by Gasteiger charge is 2.16. The van der Waals surface area contributed by atoms with Crippen LogP contribution < -0.4 is 5.32 Å². The molecule has 0 heterocycles. The van der Waals surface area contributed by atoms with Crippen LogP contribution in [0.3, 0.4) is 0 Å². The fourth-order valence-electron chi connectivity index (χ4n) is 1.67. The zero-order valence-corrected chi connectivity index (χ0v) is 8.54. The molecule has 80 valence electrons. The third-order valence-corrected chi connectivity index (χ3v) is 2.43. The van der Waals surface area contributed by atoms with Gasteiger partial charge in [-0.3, -0.25) is 0 Å². The lowest BCUT2D eigenvalue weighted by Crippen LogP contribution is -2.31. The SMILES string of the molecule is C#CCNCC(O)COC1CCCC1. The fraction of sp³-hybridized carbons (Fsp3) is 0.818. The van der Waals surface area contributed by atoms with Crippen molar-refractivity contribution in [3.63, 3.8) is 0 Å². The van der Waals surface area contributed by atoms with Crippen LogP contribution in [0.25, 0.3) is 0 Å². The molecule has 1 atom stereocenters. The van der Waals surface area contributed by atoms with Crippen LogP contribution in [0.4, 0.5) is 0 Å². The van der Waals surface area contributed by atoms with Crippen molar-refractivity contribution < 1.29 is 9.84 Å². The van der Waals surface area contributed by atoms with E-state index in [1.807, 2.05) is 0 Å². The normalized spacial score (nSPS) is 19.4. The van der Waals surface area contributed by atoms with E-state index in [1.54, 1.807) is 0 Å². The lowest BCUT2D eigenvalue weighted by Gasteiger charge is -2.15. The summed E-state index contributed by atoms with van der Waals surface area (Å²) in [4.78, 5) is 0. The molecule has 1 aliphatic carbocycles. The van der Waals surface area contributed by atoms with Gasteiger partial charge in [-0.15, -0.1) is 6.42 Å². The van der Waals surface area contributed by atoms with Gasteiger partial charge in [0, 0.05) is 6.54 Å². The minimum absolute atomic E-state index is 0.372. The van der Waals surface area contributed by atoms with Gasteiger partial charge in [0.05, 0.1) is 25.4 Å². The molecule has 1 unspecified atom stereocenters. The van der Waals surface area contributed by atoms with E-state index in [4.69, 9.17) is 11.2 Å². The molecular weight excluding hydrogens is 178 g/mol. The summed E-state index contributed by atoms with van der Waals surface area (Å²) in [7, 11) is 0. The average molecular weight is 197 g/mol. The average Bonchev–Trinajstić information content (AvgIpc) is 2.68. The lowest BCUT2D eigenvalue weighted by atomic mass is 10.3. The summed E-state index contributed by atoms with van der Waals surface area (Å²) < 4.78 is 5.55. The number of rotatable bonds is 6. The van der Waals surface area contributed by atoms with Crippen LogP contribution in [0.15, 0.2) is 0 Å². The van der Waals surface area contributed by atoms with Crippen molar-refractivity contribution in [3.05, 3.63) is 0 Å². The van der Waals surface area contributed by atoms with Crippen molar-refractivity contribution in [2.24, 2.45) is 0 Å². The van der Waals surface area contributed by atoms with Crippen LogP contribution in [-0.2, 0) is 4.74 Å². The zero-order valence-electron chi connectivity index (χ0n) is 8.54. The van der Waals surface area contributed by atoms with Crippen molar-refractivity contribution in [3.8, 4) is 12.3 Å². The molecule has 1 rings (SSSR count). The molecule has 0 spiro atoms. The summed E-state index contributed by atoms with van der Waals surface area (Å²) >= 11 is 0. The lowest BCUT2D eigenvalue weighted by molar-refractivity contribution is -0.00506. The maximum Gasteiger partial charge on any atom is 0.0898 e. The molecule has 3 heteroatoms. The first-order chi connectivity index (χ1) is 6.83. The summed E-state index contributed by atoms with van der Waals surface area (Å²) in [6.07, 6.45) is 9.80. The first kappa shape index (κ1) is 11.5. The topological polar surface area (TPSA) is 41.5 Å². The summed E-state index contributed by atoms with van der Waals surface area (Å²) in [6.45, 7) is 1.43. The summed E-state index contributed by atoms with van der Waals surface area (Å²) in [5, 5.41) is 12.4. The van der Waals surface area contributed by atoms with E-state index in [1.165, 1.54) is 12.8 Å². The Bertz CT molecular complexity index is 182. The maximum atomic E-state index is 9.48. The Kier molecular flexibility index (Phi) is 5.62. The smallest absolute Gasteiger partial charge is 0.0898 e. The Hall–Kier alpha value is -0.560. The van der Waals surface area contributed by atoms with E-state index < -0.39 is 6.10 Å². The molecule has 3 nitrogen and oxygen atoms in total. The number of nitrogens with one attached hydrogen (secondary N) is 1.